The summed E-state index contributed by atoms with van der Waals surface area (Å²) in [5.41, 5.74) is 0. The van der Waals surface area contributed by atoms with E-state index < -0.39 is 0 Å². The fourth-order valence-corrected chi connectivity index (χ4v) is 3.21. The van der Waals surface area contributed by atoms with Gasteiger partial charge in [0.05, 0.1) is 11.5 Å². The lowest BCUT2D eigenvalue weighted by Crippen LogP contribution is -2.40. The average molecular weight is 274 g/mol. The van der Waals surface area contributed by atoms with Crippen molar-refractivity contribution < 1.29 is 9.53 Å². The van der Waals surface area contributed by atoms with Crippen molar-refractivity contribution in [3.8, 4) is 0 Å². The minimum absolute atomic E-state index is 0.110. The topological polar surface area (TPSA) is 38.3 Å². The van der Waals surface area contributed by atoms with E-state index in [9.17, 15) is 4.79 Å². The first kappa shape index (κ1) is 14.1. The van der Waals surface area contributed by atoms with E-state index in [1.807, 2.05) is 0 Å². The molecule has 104 valence electrons. The van der Waals surface area contributed by atoms with E-state index in [0.29, 0.717) is 12.5 Å². The van der Waals surface area contributed by atoms with Crippen LogP contribution in [0.25, 0.3) is 0 Å². The molecule has 2 fully saturated rings. The molecule has 0 spiro atoms. The molecule has 1 amide bonds. The van der Waals surface area contributed by atoms with Gasteiger partial charge >= 0.3 is 0 Å². The lowest BCUT2D eigenvalue weighted by molar-refractivity contribution is -0.122. The Morgan fingerprint density at radius 1 is 1.17 bits per heavy atom. The molecule has 0 bridgehead atoms. The quantitative estimate of drug-likeness (QED) is 0.632. The van der Waals surface area contributed by atoms with Crippen LogP contribution in [0.5, 0.6) is 0 Å². The number of nitrogens with one attached hydrogen (secondary N) is 1. The normalized spacial score (nSPS) is 33.1. The van der Waals surface area contributed by atoms with Gasteiger partial charge in [-0.1, -0.05) is 19.3 Å². The maximum atomic E-state index is 11.9. The van der Waals surface area contributed by atoms with Crippen molar-refractivity contribution in [3.05, 3.63) is 0 Å². The first-order chi connectivity index (χ1) is 8.75. The SMILES string of the molecule is O=C(CCC1CCCO1)NC1CCCCCC1Cl. The van der Waals surface area contributed by atoms with Crippen molar-refractivity contribution in [3.63, 3.8) is 0 Å². The van der Waals surface area contributed by atoms with Crippen molar-refractivity contribution in [2.24, 2.45) is 0 Å². The molecule has 1 N–H and O–H groups in total. The van der Waals surface area contributed by atoms with Crippen LogP contribution in [0.3, 0.4) is 0 Å². The highest BCUT2D eigenvalue weighted by Gasteiger charge is 2.24. The number of ether oxygens (including phenoxy) is 1. The van der Waals surface area contributed by atoms with Crippen LogP contribution in [0.4, 0.5) is 0 Å². The Hall–Kier alpha value is -0.280. The maximum Gasteiger partial charge on any atom is 0.220 e. The van der Waals surface area contributed by atoms with Gasteiger partial charge in [0, 0.05) is 19.1 Å². The molecular weight excluding hydrogens is 250 g/mol. The fourth-order valence-electron chi connectivity index (χ4n) is 2.87. The Balaban J connectivity index is 1.68. The highest BCUT2D eigenvalue weighted by Crippen LogP contribution is 2.23. The van der Waals surface area contributed by atoms with E-state index in [2.05, 4.69) is 5.32 Å². The van der Waals surface area contributed by atoms with Gasteiger partial charge in [-0.2, -0.15) is 0 Å². The van der Waals surface area contributed by atoms with Gasteiger partial charge in [-0.25, -0.2) is 0 Å². The average Bonchev–Trinajstić information content (AvgIpc) is 2.80. The highest BCUT2D eigenvalue weighted by molar-refractivity contribution is 6.21. The van der Waals surface area contributed by atoms with Gasteiger partial charge in [-0.05, 0) is 32.1 Å². The molecular formula is C14H24ClNO2. The molecule has 1 saturated heterocycles. The molecule has 0 aromatic rings. The molecule has 3 unspecified atom stereocenters. The molecule has 2 rings (SSSR count). The number of rotatable bonds is 4. The molecule has 18 heavy (non-hydrogen) atoms. The van der Waals surface area contributed by atoms with E-state index in [1.165, 1.54) is 19.3 Å². The van der Waals surface area contributed by atoms with Crippen molar-refractivity contribution in [1.29, 1.82) is 0 Å². The number of hydrogen-bond donors (Lipinski definition) is 1. The molecule has 1 aliphatic heterocycles. The fraction of sp³-hybridized carbons (Fsp3) is 0.929. The summed E-state index contributed by atoms with van der Waals surface area (Å²) in [6, 6.07) is 0.172. The first-order valence-electron chi connectivity index (χ1n) is 7.31. The van der Waals surface area contributed by atoms with E-state index in [4.69, 9.17) is 16.3 Å². The maximum absolute atomic E-state index is 11.9. The summed E-state index contributed by atoms with van der Waals surface area (Å²) in [5, 5.41) is 3.22. The molecule has 2 aliphatic rings. The number of hydrogen-bond acceptors (Lipinski definition) is 2. The Bertz CT molecular complexity index is 267. The van der Waals surface area contributed by atoms with Gasteiger partial charge in [0.25, 0.3) is 0 Å². The summed E-state index contributed by atoms with van der Waals surface area (Å²) < 4.78 is 5.53. The van der Waals surface area contributed by atoms with Crippen LogP contribution in [-0.2, 0) is 9.53 Å². The van der Waals surface area contributed by atoms with Crippen molar-refractivity contribution in [2.75, 3.05) is 6.61 Å². The number of carbonyl (C=O) groups excluding carboxylic acids is 1. The van der Waals surface area contributed by atoms with Crippen LogP contribution < -0.4 is 5.32 Å². The Labute approximate surface area is 115 Å². The van der Waals surface area contributed by atoms with Gasteiger partial charge in [0.1, 0.15) is 0 Å². The van der Waals surface area contributed by atoms with E-state index >= 15 is 0 Å². The Morgan fingerprint density at radius 3 is 2.78 bits per heavy atom. The van der Waals surface area contributed by atoms with Crippen molar-refractivity contribution in [1.82, 2.24) is 5.32 Å². The highest BCUT2D eigenvalue weighted by atomic mass is 35.5. The van der Waals surface area contributed by atoms with Crippen LogP contribution in [0.15, 0.2) is 0 Å². The molecule has 1 heterocycles. The molecule has 1 aliphatic carbocycles. The lowest BCUT2D eigenvalue weighted by Gasteiger charge is -2.21. The molecule has 0 aromatic carbocycles. The van der Waals surface area contributed by atoms with E-state index in [1.54, 1.807) is 0 Å². The van der Waals surface area contributed by atoms with E-state index in [0.717, 1.165) is 38.7 Å². The summed E-state index contributed by atoms with van der Waals surface area (Å²) in [5.74, 6) is 0.142. The molecule has 0 radical (unpaired) electrons. The van der Waals surface area contributed by atoms with Gasteiger partial charge < -0.3 is 10.1 Å². The van der Waals surface area contributed by atoms with Crippen molar-refractivity contribution in [2.45, 2.75) is 75.3 Å². The second-order valence-corrected chi connectivity index (χ2v) is 6.06. The summed E-state index contributed by atoms with van der Waals surface area (Å²) in [6.07, 6.45) is 9.64. The van der Waals surface area contributed by atoms with Crippen LogP contribution in [0.2, 0.25) is 0 Å². The monoisotopic (exact) mass is 273 g/mol. The molecule has 3 nitrogen and oxygen atoms in total. The number of carbonyl (C=O) groups is 1. The minimum Gasteiger partial charge on any atom is -0.378 e. The lowest BCUT2D eigenvalue weighted by atomic mass is 10.1. The van der Waals surface area contributed by atoms with Crippen LogP contribution >= 0.6 is 11.6 Å². The number of halogens is 1. The predicted octanol–water partition coefficient (Wildman–Crippen LogP) is 3.00. The largest absolute Gasteiger partial charge is 0.378 e. The molecule has 4 heteroatoms. The summed E-state index contributed by atoms with van der Waals surface area (Å²) in [7, 11) is 0. The van der Waals surface area contributed by atoms with Gasteiger partial charge in [-0.3, -0.25) is 4.79 Å². The van der Waals surface area contributed by atoms with Crippen LogP contribution in [-0.4, -0.2) is 30.0 Å². The van der Waals surface area contributed by atoms with Gasteiger partial charge in [-0.15, -0.1) is 11.6 Å². The predicted molar refractivity (Wildman–Crippen MR) is 72.9 cm³/mol. The zero-order valence-electron chi connectivity index (χ0n) is 11.0. The summed E-state index contributed by atoms with van der Waals surface area (Å²) >= 11 is 6.32. The standard InChI is InChI=1S/C14H24ClNO2/c15-12-6-2-1-3-7-13(12)16-14(17)9-8-11-5-4-10-18-11/h11-13H,1-10H2,(H,16,17). The van der Waals surface area contributed by atoms with Crippen molar-refractivity contribution >= 4 is 17.5 Å². The molecule has 1 saturated carbocycles. The van der Waals surface area contributed by atoms with Crippen LogP contribution in [0, 0.1) is 0 Å². The zero-order chi connectivity index (χ0) is 12.8. The zero-order valence-corrected chi connectivity index (χ0v) is 11.8. The summed E-state index contributed by atoms with van der Waals surface area (Å²) in [4.78, 5) is 11.9. The second kappa shape index (κ2) is 7.34. The third-order valence-electron chi connectivity index (χ3n) is 4.00. The second-order valence-electron chi connectivity index (χ2n) is 5.50. The number of alkyl halides is 1. The minimum atomic E-state index is 0.110. The molecule has 0 aromatic heterocycles. The van der Waals surface area contributed by atoms with Crippen LogP contribution in [0.1, 0.15) is 57.8 Å². The van der Waals surface area contributed by atoms with Gasteiger partial charge in [0.2, 0.25) is 5.91 Å². The smallest absolute Gasteiger partial charge is 0.220 e. The first-order valence-corrected chi connectivity index (χ1v) is 7.74. The Morgan fingerprint density at radius 2 is 2.00 bits per heavy atom. The number of amides is 1. The third-order valence-corrected chi connectivity index (χ3v) is 4.52. The molecule has 3 atom stereocenters. The van der Waals surface area contributed by atoms with E-state index in [-0.39, 0.29) is 17.3 Å². The summed E-state index contributed by atoms with van der Waals surface area (Å²) in [6.45, 7) is 0.860. The third kappa shape index (κ3) is 4.43. The Kier molecular flexibility index (Phi) is 5.77. The van der Waals surface area contributed by atoms with Gasteiger partial charge in [0.15, 0.2) is 0 Å².